The van der Waals surface area contributed by atoms with Crippen LogP contribution in [0.2, 0.25) is 0 Å². The van der Waals surface area contributed by atoms with Crippen LogP contribution >= 0.6 is 23.1 Å². The zero-order valence-electron chi connectivity index (χ0n) is 40.6. The van der Waals surface area contributed by atoms with Crippen LogP contribution in [0.5, 0.6) is 0 Å². The standard InChI is InChI=1S/C56H56N6O7S2/c1-54(2,3)68-52(66)55(4,5)69-60-44(43-36-71-53(57-43)59-56(40-27-17-10-18-28-40,41-29-19-11-20-30-41)42-31-21-12-22-32-42)48(63)58-45-49(64)62-46(39(33-34-61(6)7)35-70-50(45)62)51(65)67-47(37-23-13-8-14-24-37)38-25-15-9-16-26-38/h8-34,36,45,47,50H,35H2,1-7H3,(H,57,59)(H,58,63)/b34-33+,60-44+. The summed E-state index contributed by atoms with van der Waals surface area (Å²) in [7, 11) is 3.72. The average Bonchev–Trinajstić information content (AvgIpc) is 3.84. The zero-order chi connectivity index (χ0) is 50.3. The first-order valence-corrected chi connectivity index (χ1v) is 25.0. The number of oxime groups is 1. The third-order valence-electron chi connectivity index (χ3n) is 11.6. The molecule has 0 aliphatic carbocycles. The van der Waals surface area contributed by atoms with Crippen LogP contribution in [0.15, 0.2) is 186 Å². The Morgan fingerprint density at radius 2 is 1.28 bits per heavy atom. The average molecular weight is 989 g/mol. The summed E-state index contributed by atoms with van der Waals surface area (Å²) in [4.78, 5) is 71.3. The molecule has 1 aromatic heterocycles. The summed E-state index contributed by atoms with van der Waals surface area (Å²) in [6, 6.07) is 47.8. The summed E-state index contributed by atoms with van der Waals surface area (Å²) in [5, 5.41) is 12.4. The molecule has 1 fully saturated rings. The van der Waals surface area contributed by atoms with Crippen molar-refractivity contribution in [3.63, 3.8) is 0 Å². The fraction of sp³-hybridized carbons (Fsp3) is 0.250. The second-order valence-electron chi connectivity index (χ2n) is 18.7. The molecule has 2 unspecified atom stereocenters. The van der Waals surface area contributed by atoms with Gasteiger partial charge in [-0.25, -0.2) is 14.6 Å². The maximum atomic E-state index is 14.8. The van der Waals surface area contributed by atoms with Gasteiger partial charge >= 0.3 is 11.9 Å². The molecule has 5 aromatic carbocycles. The Bertz CT molecular complexity index is 2800. The molecule has 2 aliphatic heterocycles. The maximum Gasteiger partial charge on any atom is 0.356 e. The molecular weight excluding hydrogens is 933 g/mol. The highest BCUT2D eigenvalue weighted by Gasteiger charge is 2.55. The van der Waals surface area contributed by atoms with Crippen molar-refractivity contribution in [2.75, 3.05) is 25.2 Å². The van der Waals surface area contributed by atoms with Crippen LogP contribution in [-0.2, 0) is 39.0 Å². The number of thioether (sulfide) groups is 1. The minimum absolute atomic E-state index is 0.0875. The van der Waals surface area contributed by atoms with Crippen LogP contribution in [0.25, 0.3) is 0 Å². The number of ether oxygens (including phenoxy) is 2. The Morgan fingerprint density at radius 1 is 0.775 bits per heavy atom. The first-order valence-electron chi connectivity index (χ1n) is 23.1. The van der Waals surface area contributed by atoms with E-state index in [1.165, 1.54) is 41.8 Å². The molecule has 1 saturated heterocycles. The number of nitrogens with zero attached hydrogens (tertiary/aromatic N) is 4. The lowest BCUT2D eigenvalue weighted by Gasteiger charge is -2.49. The van der Waals surface area contributed by atoms with Crippen LogP contribution < -0.4 is 10.6 Å². The van der Waals surface area contributed by atoms with Gasteiger partial charge in [-0.3, -0.25) is 14.5 Å². The van der Waals surface area contributed by atoms with Gasteiger partial charge in [0.25, 0.3) is 11.8 Å². The minimum Gasteiger partial charge on any atom is -0.457 e. The summed E-state index contributed by atoms with van der Waals surface area (Å²) in [6.45, 7) is 8.19. The van der Waals surface area contributed by atoms with Crippen molar-refractivity contribution in [2.24, 2.45) is 5.16 Å². The lowest BCUT2D eigenvalue weighted by atomic mass is 9.77. The second-order valence-corrected chi connectivity index (χ2v) is 20.6. The number of β-lactam (4-membered cyclic amide) rings is 1. The van der Waals surface area contributed by atoms with Gasteiger partial charge < -0.3 is 29.8 Å². The number of fused-ring (bicyclic) bond motifs is 1. The Labute approximate surface area is 422 Å². The summed E-state index contributed by atoms with van der Waals surface area (Å²) < 4.78 is 12.0. The maximum absolute atomic E-state index is 14.8. The van der Waals surface area contributed by atoms with E-state index in [9.17, 15) is 19.2 Å². The van der Waals surface area contributed by atoms with Crippen molar-refractivity contribution in [2.45, 2.75) is 68.9 Å². The molecule has 2 atom stereocenters. The number of carbonyl (C=O) groups is 4. The van der Waals surface area contributed by atoms with Gasteiger partial charge in [-0.05, 0) is 80.3 Å². The molecule has 0 bridgehead atoms. The molecule has 0 radical (unpaired) electrons. The number of carbonyl (C=O) groups excluding carboxylic acids is 4. The third-order valence-corrected chi connectivity index (χ3v) is 13.7. The molecule has 8 rings (SSSR count). The molecule has 0 saturated carbocycles. The van der Waals surface area contributed by atoms with E-state index < -0.39 is 58.0 Å². The van der Waals surface area contributed by atoms with Crippen LogP contribution in [0.1, 0.15) is 74.2 Å². The Hall–Kier alpha value is -7.49. The number of hydrogen-bond donors (Lipinski definition) is 2. The SMILES string of the molecule is CN(C)/C=C/C1=C(C(=O)OC(c2ccccc2)c2ccccc2)N2C(=O)C(NC(=O)/C(=N/OC(C)(C)C(=O)OC(C)(C)C)c3csc(NC(c4ccccc4)(c4ccccc4)c4ccccc4)n3)C2SC1. The Balaban J connectivity index is 1.12. The normalized spacial score (nSPS) is 16.3. The minimum atomic E-state index is -1.64. The molecule has 6 aromatic rings. The highest BCUT2D eigenvalue weighted by Crippen LogP contribution is 2.43. The van der Waals surface area contributed by atoms with Gasteiger partial charge in [-0.15, -0.1) is 23.1 Å². The van der Waals surface area contributed by atoms with E-state index in [1.54, 1.807) is 38.4 Å². The van der Waals surface area contributed by atoms with Gasteiger partial charge in [0.2, 0.25) is 5.60 Å². The lowest BCUT2D eigenvalue weighted by molar-refractivity contribution is -0.179. The molecule has 2 amide bonds. The van der Waals surface area contributed by atoms with Crippen molar-refractivity contribution >= 4 is 57.7 Å². The zero-order valence-corrected chi connectivity index (χ0v) is 42.2. The van der Waals surface area contributed by atoms with E-state index in [-0.39, 0.29) is 17.1 Å². The second kappa shape index (κ2) is 21.2. The first kappa shape index (κ1) is 49.9. The summed E-state index contributed by atoms with van der Waals surface area (Å²) in [6.07, 6.45) is 2.83. The molecule has 15 heteroatoms. The van der Waals surface area contributed by atoms with E-state index in [1.807, 2.05) is 171 Å². The van der Waals surface area contributed by atoms with Crippen LogP contribution in [-0.4, -0.2) is 86.7 Å². The summed E-state index contributed by atoms with van der Waals surface area (Å²) >= 11 is 2.64. The van der Waals surface area contributed by atoms with E-state index in [4.69, 9.17) is 19.3 Å². The molecule has 13 nitrogen and oxygen atoms in total. The van der Waals surface area contributed by atoms with Crippen molar-refractivity contribution in [1.82, 2.24) is 20.1 Å². The van der Waals surface area contributed by atoms with Crippen LogP contribution in [0.3, 0.4) is 0 Å². The van der Waals surface area contributed by atoms with E-state index in [0.717, 1.165) is 27.8 Å². The fourth-order valence-corrected chi connectivity index (χ4v) is 10.2. The van der Waals surface area contributed by atoms with E-state index in [2.05, 4.69) is 15.8 Å². The number of benzene rings is 5. The van der Waals surface area contributed by atoms with Gasteiger partial charge in [0.05, 0.1) is 0 Å². The molecule has 3 heterocycles. The molecule has 364 valence electrons. The topological polar surface area (TPSA) is 152 Å². The lowest BCUT2D eigenvalue weighted by Crippen LogP contribution is -2.71. The number of amides is 2. The summed E-state index contributed by atoms with van der Waals surface area (Å²) in [5.74, 6) is -2.38. The highest BCUT2D eigenvalue weighted by atomic mass is 32.2. The number of anilines is 1. The van der Waals surface area contributed by atoms with Gasteiger partial charge in [0.15, 0.2) is 16.9 Å². The predicted octanol–water partition coefficient (Wildman–Crippen LogP) is 9.45. The molecule has 0 spiro atoms. The smallest absolute Gasteiger partial charge is 0.356 e. The molecular formula is C56H56N6O7S2. The first-order chi connectivity index (χ1) is 34.1. The van der Waals surface area contributed by atoms with Gasteiger partial charge in [-0.1, -0.05) is 157 Å². The van der Waals surface area contributed by atoms with E-state index in [0.29, 0.717) is 16.5 Å². The molecule has 2 N–H and O–H groups in total. The van der Waals surface area contributed by atoms with Crippen LogP contribution in [0, 0.1) is 0 Å². The van der Waals surface area contributed by atoms with Gasteiger partial charge in [-0.2, -0.15) is 0 Å². The highest BCUT2D eigenvalue weighted by molar-refractivity contribution is 8.00. The Kier molecular flexibility index (Phi) is 14.9. The van der Waals surface area contributed by atoms with Gasteiger partial charge in [0, 0.05) is 25.2 Å². The third kappa shape index (κ3) is 11.1. The van der Waals surface area contributed by atoms with Crippen LogP contribution in [0.4, 0.5) is 5.13 Å². The van der Waals surface area contributed by atoms with E-state index >= 15 is 0 Å². The number of aromatic nitrogens is 1. The Morgan fingerprint density at radius 3 is 1.77 bits per heavy atom. The number of thiazole rings is 1. The van der Waals surface area contributed by atoms with Crippen molar-refractivity contribution in [1.29, 1.82) is 0 Å². The fourth-order valence-electron chi connectivity index (χ4n) is 8.14. The predicted molar refractivity (Wildman–Crippen MR) is 278 cm³/mol. The number of hydrogen-bond acceptors (Lipinski definition) is 13. The number of allylic oxidation sites excluding steroid dienone is 1. The van der Waals surface area contributed by atoms with Crippen molar-refractivity contribution < 1.29 is 33.5 Å². The summed E-state index contributed by atoms with van der Waals surface area (Å²) in [5.41, 5.74) is 1.42. The number of rotatable bonds is 17. The quantitative estimate of drug-likeness (QED) is 0.0296. The van der Waals surface area contributed by atoms with Crippen molar-refractivity contribution in [3.8, 4) is 0 Å². The molecule has 71 heavy (non-hydrogen) atoms. The largest absolute Gasteiger partial charge is 0.457 e. The van der Waals surface area contributed by atoms with Gasteiger partial charge in [0.1, 0.15) is 33.9 Å². The van der Waals surface area contributed by atoms with Crippen molar-refractivity contribution in [3.05, 3.63) is 214 Å². The monoisotopic (exact) mass is 988 g/mol. The number of nitrogens with one attached hydrogen (secondary N) is 2. The number of esters is 2. The molecule has 2 aliphatic rings.